The molecule has 0 N–H and O–H groups in total. The molecule has 0 radical (unpaired) electrons. The van der Waals surface area contributed by atoms with Gasteiger partial charge in [0.05, 0.1) is 0 Å². The van der Waals surface area contributed by atoms with Crippen molar-refractivity contribution in [1.29, 1.82) is 0 Å². The Labute approximate surface area is 166 Å². The minimum absolute atomic E-state index is 0.00469. The van der Waals surface area contributed by atoms with Crippen LogP contribution in [0.1, 0.15) is 22.8 Å². The number of amides is 1. The number of ether oxygens (including phenoxy) is 1. The molecule has 5 nitrogen and oxygen atoms in total. The molecule has 5 heteroatoms. The van der Waals surface area contributed by atoms with Crippen molar-refractivity contribution in [2.24, 2.45) is 0 Å². The number of rotatable bonds is 7. The minimum Gasteiger partial charge on any atom is -0.484 e. The third-order valence-corrected chi connectivity index (χ3v) is 4.80. The van der Waals surface area contributed by atoms with Crippen LogP contribution in [0.3, 0.4) is 0 Å². The highest BCUT2D eigenvalue weighted by molar-refractivity contribution is 5.94. The van der Waals surface area contributed by atoms with Crippen LogP contribution in [0.4, 0.5) is 0 Å². The summed E-state index contributed by atoms with van der Waals surface area (Å²) in [4.78, 5) is 28.0. The van der Waals surface area contributed by atoms with Crippen molar-refractivity contribution in [3.05, 3.63) is 71.8 Å². The molecule has 28 heavy (non-hydrogen) atoms. The van der Waals surface area contributed by atoms with Gasteiger partial charge in [-0.1, -0.05) is 54.6 Å². The number of hydrogen-bond acceptors (Lipinski definition) is 4. The van der Waals surface area contributed by atoms with Crippen molar-refractivity contribution in [2.45, 2.75) is 6.92 Å². The smallest absolute Gasteiger partial charge is 0.260 e. The number of carbonyl (C=O) groups excluding carboxylic acids is 2. The molecule has 0 unspecified atom stereocenters. The lowest BCUT2D eigenvalue weighted by atomic mass is 10.1. The molecule has 1 fully saturated rings. The van der Waals surface area contributed by atoms with Crippen LogP contribution < -0.4 is 4.74 Å². The zero-order valence-electron chi connectivity index (χ0n) is 16.2. The van der Waals surface area contributed by atoms with Gasteiger partial charge in [0.2, 0.25) is 0 Å². The van der Waals surface area contributed by atoms with E-state index in [9.17, 15) is 9.59 Å². The van der Waals surface area contributed by atoms with Gasteiger partial charge in [-0.15, -0.1) is 0 Å². The molecular formula is C23H26N2O3. The van der Waals surface area contributed by atoms with Crippen molar-refractivity contribution in [3.8, 4) is 5.75 Å². The summed E-state index contributed by atoms with van der Waals surface area (Å²) in [6, 6.07) is 17.2. The molecule has 0 saturated carbocycles. The summed E-state index contributed by atoms with van der Waals surface area (Å²) >= 11 is 0. The van der Waals surface area contributed by atoms with Gasteiger partial charge in [0.15, 0.2) is 12.4 Å². The third kappa shape index (κ3) is 5.79. The quantitative estimate of drug-likeness (QED) is 0.695. The van der Waals surface area contributed by atoms with E-state index in [-0.39, 0.29) is 18.3 Å². The summed E-state index contributed by atoms with van der Waals surface area (Å²) in [5.74, 6) is 0.507. The fourth-order valence-electron chi connectivity index (χ4n) is 3.12. The second kappa shape index (κ2) is 9.85. The maximum Gasteiger partial charge on any atom is 0.260 e. The summed E-state index contributed by atoms with van der Waals surface area (Å²) in [7, 11) is 0. The Morgan fingerprint density at radius 1 is 1.00 bits per heavy atom. The molecule has 2 aromatic rings. The van der Waals surface area contributed by atoms with Gasteiger partial charge < -0.3 is 9.64 Å². The molecule has 1 aliphatic heterocycles. The Morgan fingerprint density at radius 3 is 2.46 bits per heavy atom. The minimum atomic E-state index is -0.0206. The first-order valence-electron chi connectivity index (χ1n) is 9.57. The van der Waals surface area contributed by atoms with Crippen molar-refractivity contribution in [2.75, 3.05) is 39.3 Å². The van der Waals surface area contributed by atoms with Gasteiger partial charge in [-0.2, -0.15) is 0 Å². The fraction of sp³-hybridized carbons (Fsp3) is 0.304. The SMILES string of the molecule is CC(=O)c1cccc(OCC(=O)N2CCN(CC=Cc3ccccc3)CC2)c1. The van der Waals surface area contributed by atoms with Crippen molar-refractivity contribution >= 4 is 17.8 Å². The van der Waals surface area contributed by atoms with Crippen LogP contribution in [-0.2, 0) is 4.79 Å². The van der Waals surface area contributed by atoms with Gasteiger partial charge in [-0.3, -0.25) is 14.5 Å². The van der Waals surface area contributed by atoms with Crippen molar-refractivity contribution < 1.29 is 14.3 Å². The molecule has 0 aromatic heterocycles. The maximum atomic E-state index is 12.4. The van der Waals surface area contributed by atoms with Crippen molar-refractivity contribution in [3.63, 3.8) is 0 Å². The zero-order chi connectivity index (χ0) is 19.8. The van der Waals surface area contributed by atoms with Crippen LogP contribution in [0.2, 0.25) is 0 Å². The summed E-state index contributed by atoms with van der Waals surface area (Å²) < 4.78 is 5.58. The van der Waals surface area contributed by atoms with E-state index in [0.29, 0.717) is 24.4 Å². The first kappa shape index (κ1) is 19.8. The number of Topliss-reactive ketones (excluding diaryl/α,β-unsaturated/α-hetero) is 1. The highest BCUT2D eigenvalue weighted by Gasteiger charge is 2.20. The summed E-state index contributed by atoms with van der Waals surface area (Å²) in [6.07, 6.45) is 4.29. The molecule has 1 heterocycles. The molecular weight excluding hydrogens is 352 g/mol. The van der Waals surface area contributed by atoms with E-state index in [1.807, 2.05) is 23.1 Å². The number of ketones is 1. The van der Waals surface area contributed by atoms with Crippen LogP contribution in [0.25, 0.3) is 6.08 Å². The Morgan fingerprint density at radius 2 is 1.75 bits per heavy atom. The fourth-order valence-corrected chi connectivity index (χ4v) is 3.12. The molecule has 0 aliphatic carbocycles. The first-order chi connectivity index (χ1) is 13.6. The second-order valence-corrected chi connectivity index (χ2v) is 6.87. The molecule has 0 spiro atoms. The first-order valence-corrected chi connectivity index (χ1v) is 9.57. The van der Waals surface area contributed by atoms with Crippen LogP contribution in [-0.4, -0.2) is 60.8 Å². The summed E-state index contributed by atoms with van der Waals surface area (Å²) in [5.41, 5.74) is 1.78. The topological polar surface area (TPSA) is 49.9 Å². The second-order valence-electron chi connectivity index (χ2n) is 6.87. The molecule has 3 rings (SSSR count). The molecule has 2 aromatic carbocycles. The van der Waals surface area contributed by atoms with E-state index >= 15 is 0 Å². The molecule has 1 aliphatic rings. The molecule has 146 valence electrons. The predicted octanol–water partition coefficient (Wildman–Crippen LogP) is 3.13. The number of nitrogens with zero attached hydrogens (tertiary/aromatic N) is 2. The number of piperazine rings is 1. The van der Waals surface area contributed by atoms with E-state index < -0.39 is 0 Å². The maximum absolute atomic E-state index is 12.4. The van der Waals surface area contributed by atoms with Crippen LogP contribution >= 0.6 is 0 Å². The van der Waals surface area contributed by atoms with Gasteiger partial charge in [0, 0.05) is 38.3 Å². The molecule has 1 saturated heterocycles. The average Bonchev–Trinajstić information content (AvgIpc) is 2.73. The Balaban J connectivity index is 1.40. The van der Waals surface area contributed by atoms with E-state index in [2.05, 4.69) is 29.2 Å². The van der Waals surface area contributed by atoms with Gasteiger partial charge >= 0.3 is 0 Å². The van der Waals surface area contributed by atoms with Crippen LogP contribution in [0.15, 0.2) is 60.7 Å². The number of hydrogen-bond donors (Lipinski definition) is 0. The standard InChI is InChI=1S/C23H26N2O3/c1-19(26)21-10-5-11-22(17-21)28-18-23(27)25-15-13-24(14-16-25)12-6-9-20-7-3-2-4-8-20/h2-11,17H,12-16,18H2,1H3. The van der Waals surface area contributed by atoms with E-state index in [1.165, 1.54) is 12.5 Å². The lowest BCUT2D eigenvalue weighted by Crippen LogP contribution is -2.49. The van der Waals surface area contributed by atoms with Crippen LogP contribution in [0, 0.1) is 0 Å². The number of benzene rings is 2. The summed E-state index contributed by atoms with van der Waals surface area (Å²) in [6.45, 7) is 5.50. The molecule has 0 atom stereocenters. The van der Waals surface area contributed by atoms with Gasteiger partial charge in [0.25, 0.3) is 5.91 Å². The van der Waals surface area contributed by atoms with Crippen molar-refractivity contribution in [1.82, 2.24) is 9.80 Å². The number of carbonyl (C=O) groups is 2. The largest absolute Gasteiger partial charge is 0.484 e. The van der Waals surface area contributed by atoms with Gasteiger partial charge in [-0.05, 0) is 24.6 Å². The zero-order valence-corrected chi connectivity index (χ0v) is 16.2. The summed E-state index contributed by atoms with van der Waals surface area (Å²) in [5, 5.41) is 0. The highest BCUT2D eigenvalue weighted by atomic mass is 16.5. The Kier molecular flexibility index (Phi) is 6.98. The third-order valence-electron chi connectivity index (χ3n) is 4.80. The predicted molar refractivity (Wildman–Crippen MR) is 110 cm³/mol. The molecule has 1 amide bonds. The normalized spacial score (nSPS) is 15.0. The van der Waals surface area contributed by atoms with Gasteiger partial charge in [-0.25, -0.2) is 0 Å². The Hall–Kier alpha value is -2.92. The van der Waals surface area contributed by atoms with Crippen LogP contribution in [0.5, 0.6) is 5.75 Å². The Bertz CT molecular complexity index is 825. The van der Waals surface area contributed by atoms with Gasteiger partial charge in [0.1, 0.15) is 5.75 Å². The van der Waals surface area contributed by atoms with E-state index in [1.54, 1.807) is 24.3 Å². The van der Waals surface area contributed by atoms with E-state index in [0.717, 1.165) is 19.6 Å². The monoisotopic (exact) mass is 378 g/mol. The average molecular weight is 378 g/mol. The lowest BCUT2D eigenvalue weighted by molar-refractivity contribution is -0.135. The lowest BCUT2D eigenvalue weighted by Gasteiger charge is -2.34. The molecule has 0 bridgehead atoms. The highest BCUT2D eigenvalue weighted by Crippen LogP contribution is 2.14. The van der Waals surface area contributed by atoms with E-state index in [4.69, 9.17) is 4.74 Å².